The van der Waals surface area contributed by atoms with Crippen LogP contribution in [0.3, 0.4) is 0 Å². The van der Waals surface area contributed by atoms with E-state index in [0.717, 1.165) is 0 Å². The van der Waals surface area contributed by atoms with E-state index in [1.165, 1.54) is 49.0 Å². The molecule has 0 saturated carbocycles. The number of hydrogen-bond donors (Lipinski definition) is 0. The molecule has 1 heterocycles. The molecule has 1 aliphatic heterocycles. The molecule has 1 aliphatic rings. The van der Waals surface area contributed by atoms with Crippen molar-refractivity contribution < 1.29 is 4.52 Å². The Hall–Kier alpha value is -3.51. The number of fused-ring (bicyclic) bond motifs is 1. The second-order valence-electron chi connectivity index (χ2n) is 9.90. The average molecular weight is 487 g/mol. The van der Waals surface area contributed by atoms with Gasteiger partial charge < -0.3 is 0 Å². The summed E-state index contributed by atoms with van der Waals surface area (Å²) in [6.45, 7) is 3.05. The fourth-order valence-electron chi connectivity index (χ4n) is 6.42. The van der Waals surface area contributed by atoms with Crippen molar-refractivity contribution in [2.45, 2.75) is 26.9 Å². The zero-order valence-corrected chi connectivity index (χ0v) is 22.0. The van der Waals surface area contributed by atoms with Gasteiger partial charge in [-0.2, -0.15) is 0 Å². The molecular formula is C34H31OP. The number of rotatable bonds is 4. The van der Waals surface area contributed by atoms with Gasteiger partial charge in [-0.1, -0.05) is 0 Å². The van der Waals surface area contributed by atoms with Gasteiger partial charge in [-0.05, 0) is 0 Å². The van der Waals surface area contributed by atoms with Crippen LogP contribution in [0.4, 0.5) is 0 Å². The SMILES string of the molecule is Cc1cc(C)c(C2OP(c3ccccc3)(c3ccccc3)(c3ccccc3)c3ccccc32)c(C)c1. The van der Waals surface area contributed by atoms with Crippen LogP contribution >= 0.6 is 6.83 Å². The van der Waals surface area contributed by atoms with E-state index in [2.05, 4.69) is 148 Å². The molecule has 178 valence electrons. The Morgan fingerprint density at radius 3 is 1.42 bits per heavy atom. The molecule has 1 nitrogen and oxygen atoms in total. The van der Waals surface area contributed by atoms with E-state index in [1.807, 2.05) is 0 Å². The first kappa shape index (κ1) is 22.9. The molecule has 1 atom stereocenters. The van der Waals surface area contributed by atoms with Crippen LogP contribution in [0.5, 0.6) is 0 Å². The molecule has 2 heteroatoms. The van der Waals surface area contributed by atoms with Crippen molar-refractivity contribution in [2.24, 2.45) is 0 Å². The van der Waals surface area contributed by atoms with Gasteiger partial charge in [-0.25, -0.2) is 0 Å². The minimum atomic E-state index is -3.57. The van der Waals surface area contributed by atoms with Gasteiger partial charge in [0.1, 0.15) is 0 Å². The Labute approximate surface area is 214 Å². The summed E-state index contributed by atoms with van der Waals surface area (Å²) in [5, 5.41) is 5.01. The molecule has 0 saturated heterocycles. The Bertz CT molecular complexity index is 1420. The summed E-state index contributed by atoms with van der Waals surface area (Å²) in [4.78, 5) is 0. The first-order valence-electron chi connectivity index (χ1n) is 12.6. The third-order valence-electron chi connectivity index (χ3n) is 7.74. The molecule has 0 spiro atoms. The number of aryl methyl sites for hydroxylation is 3. The van der Waals surface area contributed by atoms with Crippen LogP contribution in [-0.4, -0.2) is 0 Å². The fraction of sp³-hybridized carbons (Fsp3) is 0.118. The van der Waals surface area contributed by atoms with E-state index in [1.54, 1.807) is 0 Å². The van der Waals surface area contributed by atoms with Gasteiger partial charge in [0.25, 0.3) is 0 Å². The van der Waals surface area contributed by atoms with E-state index in [-0.39, 0.29) is 6.10 Å². The standard InChI is InChI=1S/C34H31OP/c1-25-23-26(2)33(27(3)24-25)34-31-21-13-14-22-32(31)36(35-34,28-15-7-4-8-16-28,29-17-9-5-10-18-29)30-19-11-6-12-20-30/h4-24,34H,1-3H3. The second kappa shape index (κ2) is 8.56. The van der Waals surface area contributed by atoms with Crippen LogP contribution < -0.4 is 21.2 Å². The molecule has 36 heavy (non-hydrogen) atoms. The van der Waals surface area contributed by atoms with Crippen LogP contribution in [-0.2, 0) is 4.52 Å². The average Bonchev–Trinajstić information content (AvgIpc) is 3.23. The van der Waals surface area contributed by atoms with Gasteiger partial charge in [0, 0.05) is 0 Å². The molecule has 1 unspecified atom stereocenters. The van der Waals surface area contributed by atoms with Crippen molar-refractivity contribution in [3.8, 4) is 0 Å². The minimum absolute atomic E-state index is 0.167. The molecule has 0 radical (unpaired) electrons. The molecule has 0 aromatic heterocycles. The molecule has 0 fully saturated rings. The summed E-state index contributed by atoms with van der Waals surface area (Å²) in [5.74, 6) is 0. The van der Waals surface area contributed by atoms with E-state index in [4.69, 9.17) is 4.52 Å². The fourth-order valence-corrected chi connectivity index (χ4v) is 12.5. The first-order chi connectivity index (χ1) is 17.6. The molecule has 5 aromatic carbocycles. The molecular weight excluding hydrogens is 455 g/mol. The van der Waals surface area contributed by atoms with E-state index < -0.39 is 6.83 Å². The summed E-state index contributed by atoms with van der Waals surface area (Å²) < 4.78 is 7.88. The monoisotopic (exact) mass is 486 g/mol. The van der Waals surface area contributed by atoms with E-state index in [0.29, 0.717) is 0 Å². The molecule has 0 bridgehead atoms. The Balaban J connectivity index is 1.82. The van der Waals surface area contributed by atoms with Crippen molar-refractivity contribution >= 4 is 28.0 Å². The topological polar surface area (TPSA) is 9.23 Å². The Morgan fingerprint density at radius 1 is 0.528 bits per heavy atom. The van der Waals surface area contributed by atoms with Crippen molar-refractivity contribution in [1.82, 2.24) is 0 Å². The number of hydrogen-bond acceptors (Lipinski definition) is 1. The number of benzene rings is 5. The zero-order valence-electron chi connectivity index (χ0n) is 21.1. The predicted molar refractivity (Wildman–Crippen MR) is 155 cm³/mol. The van der Waals surface area contributed by atoms with Gasteiger partial charge >= 0.3 is 215 Å². The quantitative estimate of drug-likeness (QED) is 0.254. The first-order valence-corrected chi connectivity index (χ1v) is 14.8. The summed E-state index contributed by atoms with van der Waals surface area (Å²) in [5.41, 5.74) is 6.39. The van der Waals surface area contributed by atoms with Crippen molar-refractivity contribution in [2.75, 3.05) is 0 Å². The molecule has 5 aromatic rings. The normalized spacial score (nSPS) is 18.6. The van der Waals surface area contributed by atoms with Crippen molar-refractivity contribution in [3.05, 3.63) is 155 Å². The van der Waals surface area contributed by atoms with Crippen molar-refractivity contribution in [1.29, 1.82) is 0 Å². The molecule has 0 N–H and O–H groups in total. The van der Waals surface area contributed by atoms with Gasteiger partial charge in [0.15, 0.2) is 0 Å². The predicted octanol–water partition coefficient (Wildman–Crippen LogP) is 6.80. The van der Waals surface area contributed by atoms with Crippen LogP contribution in [0.1, 0.15) is 33.9 Å². The Kier molecular flexibility index (Phi) is 5.45. The van der Waals surface area contributed by atoms with Gasteiger partial charge in [-0.3, -0.25) is 0 Å². The van der Waals surface area contributed by atoms with E-state index >= 15 is 0 Å². The zero-order chi connectivity index (χ0) is 24.8. The van der Waals surface area contributed by atoms with Crippen LogP contribution in [0, 0.1) is 20.8 Å². The van der Waals surface area contributed by atoms with Crippen LogP contribution in [0.15, 0.2) is 127 Å². The van der Waals surface area contributed by atoms with Crippen LogP contribution in [0.25, 0.3) is 0 Å². The third-order valence-corrected chi connectivity index (χ3v) is 13.6. The van der Waals surface area contributed by atoms with E-state index in [9.17, 15) is 0 Å². The summed E-state index contributed by atoms with van der Waals surface area (Å²) in [6.07, 6.45) is -0.167. The Morgan fingerprint density at radius 2 is 0.944 bits per heavy atom. The molecule has 6 rings (SSSR count). The van der Waals surface area contributed by atoms with Gasteiger partial charge in [-0.15, -0.1) is 0 Å². The summed E-state index contributed by atoms with van der Waals surface area (Å²) >= 11 is 0. The summed E-state index contributed by atoms with van der Waals surface area (Å²) in [7, 11) is 0. The molecule has 0 amide bonds. The van der Waals surface area contributed by atoms with Crippen molar-refractivity contribution in [3.63, 3.8) is 0 Å². The van der Waals surface area contributed by atoms with Gasteiger partial charge in [0.2, 0.25) is 0 Å². The maximum absolute atomic E-state index is 7.88. The second-order valence-corrected chi connectivity index (χ2v) is 14.2. The van der Waals surface area contributed by atoms with Gasteiger partial charge in [0.05, 0.1) is 0 Å². The maximum atomic E-state index is 7.88. The third kappa shape index (κ3) is 3.03. The summed E-state index contributed by atoms with van der Waals surface area (Å²) in [6, 6.07) is 46.3. The molecule has 0 aliphatic carbocycles. The van der Waals surface area contributed by atoms with Crippen LogP contribution in [0.2, 0.25) is 0 Å².